The zero-order valence-corrected chi connectivity index (χ0v) is 8.73. The molecule has 1 N–H and O–H groups in total. The van der Waals surface area contributed by atoms with E-state index in [2.05, 4.69) is 21.0 Å². The zero-order chi connectivity index (χ0) is 10.1. The Morgan fingerprint density at radius 3 is 3.07 bits per heavy atom. The minimum Gasteiger partial charge on any atom is -0.480 e. The molecule has 2 aromatic rings. The molecule has 0 unspecified atom stereocenters. The minimum atomic E-state index is -0.894. The number of hydrogen-bond acceptors (Lipinski definition) is 2. The van der Waals surface area contributed by atoms with Crippen LogP contribution in [0.15, 0.2) is 28.9 Å². The van der Waals surface area contributed by atoms with Crippen LogP contribution in [0.2, 0.25) is 0 Å². The zero-order valence-electron chi connectivity index (χ0n) is 7.14. The molecule has 1 heterocycles. The number of benzene rings is 1. The average molecular weight is 255 g/mol. The molecule has 0 amide bonds. The van der Waals surface area contributed by atoms with Gasteiger partial charge in [-0.1, -0.05) is 22.0 Å². The summed E-state index contributed by atoms with van der Waals surface area (Å²) >= 11 is 3.33. The van der Waals surface area contributed by atoms with Crippen molar-refractivity contribution < 1.29 is 9.90 Å². The number of carboxylic acid groups (broad SMARTS) is 1. The van der Waals surface area contributed by atoms with Gasteiger partial charge in [0.15, 0.2) is 0 Å². The molecule has 1 aromatic carbocycles. The number of carbonyl (C=O) groups is 1. The molecule has 0 aliphatic rings. The Kier molecular flexibility index (Phi) is 2.25. The molecule has 14 heavy (non-hydrogen) atoms. The van der Waals surface area contributed by atoms with Gasteiger partial charge < -0.3 is 5.11 Å². The largest absolute Gasteiger partial charge is 0.480 e. The average Bonchev–Trinajstić information content (AvgIpc) is 2.47. The SMILES string of the molecule is O=C(O)Cn1ncc2ccc(Br)cc21. The predicted molar refractivity (Wildman–Crippen MR) is 55.1 cm³/mol. The first kappa shape index (κ1) is 9.21. The van der Waals surface area contributed by atoms with Crippen molar-refractivity contribution in [1.29, 1.82) is 0 Å². The van der Waals surface area contributed by atoms with Crippen LogP contribution in [0.1, 0.15) is 0 Å². The van der Waals surface area contributed by atoms with Crippen LogP contribution in [0.25, 0.3) is 10.9 Å². The summed E-state index contributed by atoms with van der Waals surface area (Å²) in [4.78, 5) is 10.5. The Labute approximate surface area is 88.3 Å². The van der Waals surface area contributed by atoms with E-state index in [0.717, 1.165) is 15.4 Å². The fourth-order valence-corrected chi connectivity index (χ4v) is 1.65. The van der Waals surface area contributed by atoms with E-state index in [1.54, 1.807) is 6.20 Å². The number of rotatable bonds is 2. The second kappa shape index (κ2) is 3.42. The minimum absolute atomic E-state index is 0.111. The molecule has 5 heteroatoms. The molecular formula is C9H7BrN2O2. The number of aliphatic carboxylic acids is 1. The Bertz CT molecular complexity index is 493. The standard InChI is InChI=1S/C9H7BrN2O2/c10-7-2-1-6-4-11-12(5-9(13)14)8(6)3-7/h1-4H,5H2,(H,13,14). The van der Waals surface area contributed by atoms with Gasteiger partial charge in [-0.15, -0.1) is 0 Å². The molecule has 0 aliphatic carbocycles. The summed E-state index contributed by atoms with van der Waals surface area (Å²) in [5, 5.41) is 13.6. The van der Waals surface area contributed by atoms with Crippen molar-refractivity contribution in [2.75, 3.05) is 0 Å². The van der Waals surface area contributed by atoms with Crippen molar-refractivity contribution in [3.8, 4) is 0 Å². The van der Waals surface area contributed by atoms with Crippen LogP contribution < -0.4 is 0 Å². The van der Waals surface area contributed by atoms with Crippen LogP contribution in [0, 0.1) is 0 Å². The third-order valence-corrected chi connectivity index (χ3v) is 2.39. The monoisotopic (exact) mass is 254 g/mol. The Morgan fingerprint density at radius 1 is 1.57 bits per heavy atom. The van der Waals surface area contributed by atoms with Crippen molar-refractivity contribution >= 4 is 32.8 Å². The number of fused-ring (bicyclic) bond motifs is 1. The van der Waals surface area contributed by atoms with Gasteiger partial charge in [0, 0.05) is 9.86 Å². The first-order chi connectivity index (χ1) is 6.66. The van der Waals surface area contributed by atoms with E-state index in [4.69, 9.17) is 5.11 Å². The maximum absolute atomic E-state index is 10.5. The highest BCUT2D eigenvalue weighted by atomic mass is 79.9. The lowest BCUT2D eigenvalue weighted by Gasteiger charge is -1.98. The molecule has 1 aromatic heterocycles. The van der Waals surface area contributed by atoms with Gasteiger partial charge in [0.1, 0.15) is 6.54 Å². The molecule has 0 saturated heterocycles. The van der Waals surface area contributed by atoms with E-state index in [1.807, 2.05) is 18.2 Å². The fraction of sp³-hybridized carbons (Fsp3) is 0.111. The van der Waals surface area contributed by atoms with Crippen molar-refractivity contribution in [1.82, 2.24) is 9.78 Å². The van der Waals surface area contributed by atoms with E-state index in [1.165, 1.54) is 4.68 Å². The van der Waals surface area contributed by atoms with Crippen LogP contribution in [0.5, 0.6) is 0 Å². The molecule has 2 rings (SSSR count). The number of halogens is 1. The van der Waals surface area contributed by atoms with Crippen molar-refractivity contribution in [2.45, 2.75) is 6.54 Å². The molecule has 0 bridgehead atoms. The molecule has 0 saturated carbocycles. The third kappa shape index (κ3) is 1.63. The first-order valence-electron chi connectivity index (χ1n) is 4.00. The van der Waals surface area contributed by atoms with Gasteiger partial charge in [-0.2, -0.15) is 5.10 Å². The van der Waals surface area contributed by atoms with Crippen LogP contribution in [0.4, 0.5) is 0 Å². The molecule has 0 spiro atoms. The third-order valence-electron chi connectivity index (χ3n) is 1.89. The maximum atomic E-state index is 10.5. The molecule has 0 fully saturated rings. The highest BCUT2D eigenvalue weighted by molar-refractivity contribution is 9.10. The molecule has 0 radical (unpaired) electrons. The summed E-state index contributed by atoms with van der Waals surface area (Å²) in [7, 11) is 0. The Hall–Kier alpha value is -1.36. The molecule has 0 aliphatic heterocycles. The van der Waals surface area contributed by atoms with Gasteiger partial charge >= 0.3 is 5.97 Å². The first-order valence-corrected chi connectivity index (χ1v) is 4.79. The van der Waals surface area contributed by atoms with Crippen LogP contribution in [0.3, 0.4) is 0 Å². The van der Waals surface area contributed by atoms with Crippen LogP contribution in [-0.4, -0.2) is 20.9 Å². The van der Waals surface area contributed by atoms with Crippen LogP contribution in [-0.2, 0) is 11.3 Å². The number of carboxylic acids is 1. The normalized spacial score (nSPS) is 10.6. The number of aromatic nitrogens is 2. The summed E-state index contributed by atoms with van der Waals surface area (Å²) in [6.45, 7) is -0.111. The summed E-state index contributed by atoms with van der Waals surface area (Å²) in [5.41, 5.74) is 0.821. The fourth-order valence-electron chi connectivity index (χ4n) is 1.30. The lowest BCUT2D eigenvalue weighted by Crippen LogP contribution is -2.09. The smallest absolute Gasteiger partial charge is 0.325 e. The van der Waals surface area contributed by atoms with E-state index in [-0.39, 0.29) is 6.54 Å². The highest BCUT2D eigenvalue weighted by Crippen LogP contribution is 2.19. The van der Waals surface area contributed by atoms with Gasteiger partial charge in [-0.3, -0.25) is 9.48 Å². The summed E-state index contributed by atoms with van der Waals surface area (Å²) in [6.07, 6.45) is 1.66. The van der Waals surface area contributed by atoms with E-state index < -0.39 is 5.97 Å². The summed E-state index contributed by atoms with van der Waals surface area (Å²) < 4.78 is 2.37. The van der Waals surface area contributed by atoms with Crippen molar-refractivity contribution in [3.63, 3.8) is 0 Å². The Morgan fingerprint density at radius 2 is 2.36 bits per heavy atom. The van der Waals surface area contributed by atoms with E-state index >= 15 is 0 Å². The molecular weight excluding hydrogens is 248 g/mol. The van der Waals surface area contributed by atoms with E-state index in [9.17, 15) is 4.79 Å². The predicted octanol–water partition coefficient (Wildman–Crippen LogP) is 1.88. The van der Waals surface area contributed by atoms with Gasteiger partial charge in [0.05, 0.1) is 11.7 Å². The lowest BCUT2D eigenvalue weighted by molar-refractivity contribution is -0.137. The van der Waals surface area contributed by atoms with E-state index in [0.29, 0.717) is 0 Å². The van der Waals surface area contributed by atoms with Gasteiger partial charge in [-0.05, 0) is 12.1 Å². The molecule has 0 atom stereocenters. The van der Waals surface area contributed by atoms with Crippen molar-refractivity contribution in [3.05, 3.63) is 28.9 Å². The van der Waals surface area contributed by atoms with Gasteiger partial charge in [0.25, 0.3) is 0 Å². The van der Waals surface area contributed by atoms with Crippen molar-refractivity contribution in [2.24, 2.45) is 0 Å². The number of hydrogen-bond donors (Lipinski definition) is 1. The molecule has 4 nitrogen and oxygen atoms in total. The Balaban J connectivity index is 2.55. The summed E-state index contributed by atoms with van der Waals surface area (Å²) in [6, 6.07) is 5.64. The second-order valence-corrected chi connectivity index (χ2v) is 3.81. The van der Waals surface area contributed by atoms with Crippen LogP contribution >= 0.6 is 15.9 Å². The van der Waals surface area contributed by atoms with Gasteiger partial charge in [-0.25, -0.2) is 0 Å². The molecule has 72 valence electrons. The second-order valence-electron chi connectivity index (χ2n) is 2.90. The highest BCUT2D eigenvalue weighted by Gasteiger charge is 2.05. The lowest BCUT2D eigenvalue weighted by atomic mass is 10.2. The number of nitrogens with zero attached hydrogens (tertiary/aromatic N) is 2. The topological polar surface area (TPSA) is 55.1 Å². The quantitative estimate of drug-likeness (QED) is 0.891. The van der Waals surface area contributed by atoms with Gasteiger partial charge in [0.2, 0.25) is 0 Å². The summed E-state index contributed by atoms with van der Waals surface area (Å²) in [5.74, 6) is -0.894. The maximum Gasteiger partial charge on any atom is 0.325 e.